The molecule has 4 heteroatoms. The Labute approximate surface area is 114 Å². The molecule has 0 amide bonds. The van der Waals surface area contributed by atoms with Crippen molar-refractivity contribution in [3.8, 4) is 0 Å². The van der Waals surface area contributed by atoms with Gasteiger partial charge in [-0.3, -0.25) is 4.79 Å². The number of hydrogen-bond acceptors (Lipinski definition) is 2. The molecule has 0 aromatic rings. The number of carboxylic acids is 1. The first-order valence-corrected chi connectivity index (χ1v) is 7.22. The van der Waals surface area contributed by atoms with Crippen LogP contribution < -0.4 is 0 Å². The third-order valence-electron chi connectivity index (χ3n) is 2.37. The van der Waals surface area contributed by atoms with Gasteiger partial charge in [-0.25, -0.2) is 0 Å². The molecule has 101 valence electrons. The van der Waals surface area contributed by atoms with Crippen molar-refractivity contribution in [3.63, 3.8) is 0 Å². The third-order valence-corrected chi connectivity index (χ3v) is 3.40. The zero-order valence-electron chi connectivity index (χ0n) is 10.1. The molecule has 0 spiro atoms. The van der Waals surface area contributed by atoms with Gasteiger partial charge >= 0.3 is 5.97 Å². The standard InChI is InChI=1S/C12H24O2S.Cu/c1-2-3-4-5-6-7-8-9-10-15-11-12(13)14;/h2-11H2,1H3,(H,13,14);. The van der Waals surface area contributed by atoms with Crippen molar-refractivity contribution in [2.45, 2.75) is 58.3 Å². The Morgan fingerprint density at radius 1 is 1.00 bits per heavy atom. The Balaban J connectivity index is 0. The first-order valence-electron chi connectivity index (χ1n) is 6.07. The number of carbonyl (C=O) groups is 1. The monoisotopic (exact) mass is 295 g/mol. The molecular formula is C12H24CuO2S. The van der Waals surface area contributed by atoms with Gasteiger partial charge < -0.3 is 5.11 Å². The second-order valence-electron chi connectivity index (χ2n) is 3.92. The van der Waals surface area contributed by atoms with Crippen LogP contribution in [0.2, 0.25) is 0 Å². The summed E-state index contributed by atoms with van der Waals surface area (Å²) < 4.78 is 0. The summed E-state index contributed by atoms with van der Waals surface area (Å²) in [6, 6.07) is 0. The van der Waals surface area contributed by atoms with Crippen LogP contribution in [0.4, 0.5) is 0 Å². The number of carboxylic acid groups (broad SMARTS) is 1. The van der Waals surface area contributed by atoms with Crippen LogP contribution in [0.25, 0.3) is 0 Å². The zero-order chi connectivity index (χ0) is 11.4. The Morgan fingerprint density at radius 3 is 2.00 bits per heavy atom. The normalized spacial score (nSPS) is 9.81. The van der Waals surface area contributed by atoms with Gasteiger partial charge in [-0.2, -0.15) is 11.8 Å². The van der Waals surface area contributed by atoms with Gasteiger partial charge in [-0.15, -0.1) is 0 Å². The van der Waals surface area contributed by atoms with Crippen LogP contribution in [0.5, 0.6) is 0 Å². The van der Waals surface area contributed by atoms with Gasteiger partial charge in [0.05, 0.1) is 5.75 Å². The minimum atomic E-state index is -0.695. The molecule has 0 unspecified atom stereocenters. The van der Waals surface area contributed by atoms with Gasteiger partial charge in [-0.05, 0) is 12.2 Å². The summed E-state index contributed by atoms with van der Waals surface area (Å²) in [5.41, 5.74) is 0. The van der Waals surface area contributed by atoms with Crippen molar-refractivity contribution in [1.82, 2.24) is 0 Å². The van der Waals surface area contributed by atoms with E-state index >= 15 is 0 Å². The van der Waals surface area contributed by atoms with E-state index in [4.69, 9.17) is 5.11 Å². The minimum Gasteiger partial charge on any atom is -0.481 e. The van der Waals surface area contributed by atoms with Gasteiger partial charge in [0.2, 0.25) is 0 Å². The molecular weight excluding hydrogens is 272 g/mol. The Bertz CT molecular complexity index is 154. The maximum Gasteiger partial charge on any atom is 0.313 e. The molecule has 0 aromatic carbocycles. The van der Waals surface area contributed by atoms with Crippen molar-refractivity contribution in [2.24, 2.45) is 0 Å². The van der Waals surface area contributed by atoms with E-state index in [1.807, 2.05) is 0 Å². The van der Waals surface area contributed by atoms with Crippen molar-refractivity contribution in [1.29, 1.82) is 0 Å². The van der Waals surface area contributed by atoms with Crippen LogP contribution in [0.15, 0.2) is 0 Å². The van der Waals surface area contributed by atoms with E-state index in [1.165, 1.54) is 63.1 Å². The number of hydrogen-bond donors (Lipinski definition) is 1. The van der Waals surface area contributed by atoms with Crippen LogP contribution in [0.1, 0.15) is 58.3 Å². The van der Waals surface area contributed by atoms with E-state index in [2.05, 4.69) is 6.92 Å². The SMILES string of the molecule is CCCCCCCCCCSCC(=O)O.[Cu]. The average molecular weight is 296 g/mol. The van der Waals surface area contributed by atoms with Gasteiger partial charge in [0, 0.05) is 17.1 Å². The number of aliphatic carboxylic acids is 1. The topological polar surface area (TPSA) is 37.3 Å². The van der Waals surface area contributed by atoms with Crippen molar-refractivity contribution in [3.05, 3.63) is 0 Å². The van der Waals surface area contributed by atoms with E-state index in [9.17, 15) is 4.79 Å². The predicted molar refractivity (Wildman–Crippen MR) is 67.6 cm³/mol. The number of unbranched alkanes of at least 4 members (excludes halogenated alkanes) is 7. The Morgan fingerprint density at radius 2 is 1.50 bits per heavy atom. The fourth-order valence-electron chi connectivity index (χ4n) is 1.50. The van der Waals surface area contributed by atoms with E-state index in [-0.39, 0.29) is 22.8 Å². The van der Waals surface area contributed by atoms with E-state index in [1.54, 1.807) is 0 Å². The van der Waals surface area contributed by atoms with E-state index in [0.29, 0.717) is 0 Å². The second kappa shape index (κ2) is 15.3. The molecule has 0 atom stereocenters. The summed E-state index contributed by atoms with van der Waals surface area (Å²) >= 11 is 1.53. The van der Waals surface area contributed by atoms with E-state index < -0.39 is 5.97 Å². The van der Waals surface area contributed by atoms with Crippen molar-refractivity contribution < 1.29 is 27.0 Å². The molecule has 16 heavy (non-hydrogen) atoms. The first kappa shape index (κ1) is 18.7. The van der Waals surface area contributed by atoms with E-state index in [0.717, 1.165) is 5.75 Å². The van der Waals surface area contributed by atoms with Crippen LogP contribution in [-0.2, 0) is 21.9 Å². The minimum absolute atomic E-state index is 0. The molecule has 0 heterocycles. The van der Waals surface area contributed by atoms with Crippen LogP contribution in [0.3, 0.4) is 0 Å². The molecule has 0 rings (SSSR count). The molecule has 1 N–H and O–H groups in total. The largest absolute Gasteiger partial charge is 0.481 e. The molecule has 0 aromatic heterocycles. The summed E-state index contributed by atoms with van der Waals surface area (Å²) in [7, 11) is 0. The average Bonchev–Trinajstić information content (AvgIpc) is 2.20. The van der Waals surface area contributed by atoms with Crippen LogP contribution in [-0.4, -0.2) is 22.6 Å². The van der Waals surface area contributed by atoms with Gasteiger partial charge in [0.1, 0.15) is 0 Å². The first-order chi connectivity index (χ1) is 7.27. The number of thioether (sulfide) groups is 1. The smallest absolute Gasteiger partial charge is 0.313 e. The molecule has 0 aliphatic carbocycles. The Kier molecular flexibility index (Phi) is 17.9. The predicted octanol–water partition coefficient (Wildman–Crippen LogP) is 3.94. The number of rotatable bonds is 11. The third kappa shape index (κ3) is 16.8. The van der Waals surface area contributed by atoms with Crippen molar-refractivity contribution in [2.75, 3.05) is 11.5 Å². The maximum absolute atomic E-state index is 10.2. The molecule has 2 nitrogen and oxygen atoms in total. The van der Waals surface area contributed by atoms with Gasteiger partial charge in [-0.1, -0.05) is 51.9 Å². The van der Waals surface area contributed by atoms with Crippen LogP contribution in [0, 0.1) is 0 Å². The molecule has 0 aliphatic rings. The zero-order valence-corrected chi connectivity index (χ0v) is 11.9. The molecule has 1 radical (unpaired) electrons. The quantitative estimate of drug-likeness (QED) is 0.463. The molecule has 0 saturated heterocycles. The maximum atomic E-state index is 10.2. The molecule has 0 fully saturated rings. The summed E-state index contributed by atoms with van der Waals surface area (Å²) in [5, 5.41) is 8.42. The Hall–Kier alpha value is 0.339. The summed E-state index contributed by atoms with van der Waals surface area (Å²) in [4.78, 5) is 10.2. The molecule has 0 bridgehead atoms. The molecule has 0 aliphatic heterocycles. The van der Waals surface area contributed by atoms with Gasteiger partial charge in [0.15, 0.2) is 0 Å². The van der Waals surface area contributed by atoms with Crippen molar-refractivity contribution >= 4 is 17.7 Å². The fourth-order valence-corrected chi connectivity index (χ4v) is 2.22. The second-order valence-corrected chi connectivity index (χ2v) is 5.03. The summed E-state index contributed by atoms with van der Waals surface area (Å²) in [5.74, 6) is 0.567. The summed E-state index contributed by atoms with van der Waals surface area (Å²) in [6.45, 7) is 2.24. The molecule has 0 saturated carbocycles. The van der Waals surface area contributed by atoms with Crippen LogP contribution >= 0.6 is 11.8 Å². The van der Waals surface area contributed by atoms with Gasteiger partial charge in [0.25, 0.3) is 0 Å². The fraction of sp³-hybridized carbons (Fsp3) is 0.917. The summed E-state index contributed by atoms with van der Waals surface area (Å²) in [6.07, 6.45) is 10.5.